The Morgan fingerprint density at radius 3 is 2.25 bits per heavy atom. The number of hydrazine groups is 1. The molecule has 1 heterocycles. The number of rotatable bonds is 6. The van der Waals surface area contributed by atoms with Gasteiger partial charge in [0.05, 0.1) is 12.0 Å². The predicted octanol–water partition coefficient (Wildman–Crippen LogP) is 3.21. The average molecular weight is 384 g/mol. The Morgan fingerprint density at radius 1 is 1.04 bits per heavy atom. The fraction of sp³-hybridized carbons (Fsp3) is 0.333. The van der Waals surface area contributed by atoms with Gasteiger partial charge in [-0.25, -0.2) is 9.82 Å². The van der Waals surface area contributed by atoms with Gasteiger partial charge in [0.1, 0.15) is 5.82 Å². The topological polar surface area (TPSA) is 82.3 Å². The van der Waals surface area contributed by atoms with E-state index in [9.17, 15) is 14.0 Å². The predicted molar refractivity (Wildman–Crippen MR) is 107 cm³/mol. The first-order valence-corrected chi connectivity index (χ1v) is 9.37. The Morgan fingerprint density at radius 2 is 1.64 bits per heavy atom. The molecule has 0 saturated carbocycles. The van der Waals surface area contributed by atoms with Crippen LogP contribution >= 0.6 is 0 Å². The molecule has 1 fully saturated rings. The number of halogens is 1. The van der Waals surface area contributed by atoms with Gasteiger partial charge in [-0.1, -0.05) is 26.0 Å². The van der Waals surface area contributed by atoms with E-state index in [1.807, 2.05) is 13.8 Å². The molecule has 0 aliphatic carbocycles. The van der Waals surface area contributed by atoms with Crippen molar-refractivity contribution in [2.75, 3.05) is 17.2 Å². The number of hydrogen-bond donors (Lipinski definition) is 4. The Labute approximate surface area is 163 Å². The van der Waals surface area contributed by atoms with E-state index in [-0.39, 0.29) is 29.6 Å². The van der Waals surface area contributed by atoms with Crippen LogP contribution in [-0.4, -0.2) is 18.4 Å². The molecule has 0 bridgehead atoms. The van der Waals surface area contributed by atoms with Crippen molar-refractivity contribution in [3.05, 3.63) is 59.9 Å². The maximum absolute atomic E-state index is 13.1. The molecule has 7 heteroatoms. The molecule has 28 heavy (non-hydrogen) atoms. The van der Waals surface area contributed by atoms with Crippen LogP contribution < -0.4 is 21.5 Å². The summed E-state index contributed by atoms with van der Waals surface area (Å²) in [5.41, 5.74) is 8.25. The summed E-state index contributed by atoms with van der Waals surface area (Å²) < 4.78 is 13.1. The first kappa shape index (κ1) is 20.0. The molecule has 2 aromatic carbocycles. The van der Waals surface area contributed by atoms with E-state index >= 15 is 0 Å². The van der Waals surface area contributed by atoms with E-state index in [0.717, 1.165) is 5.56 Å². The molecule has 2 unspecified atom stereocenters. The molecule has 1 saturated heterocycles. The maximum atomic E-state index is 13.1. The molecule has 2 aromatic rings. The SMILES string of the molecule is CC(C)CC(=O)Nc1ccc(NC(=O)C2CNNC2c2ccc(F)cc2)cc1. The van der Waals surface area contributed by atoms with Crippen LogP contribution in [0.5, 0.6) is 0 Å². The first-order chi connectivity index (χ1) is 13.4. The van der Waals surface area contributed by atoms with Gasteiger partial charge in [-0.2, -0.15) is 0 Å². The van der Waals surface area contributed by atoms with Gasteiger partial charge in [-0.3, -0.25) is 15.0 Å². The third-order valence-corrected chi connectivity index (χ3v) is 4.58. The minimum atomic E-state index is -0.337. The Bertz CT molecular complexity index is 821. The van der Waals surface area contributed by atoms with Crippen molar-refractivity contribution in [2.45, 2.75) is 26.3 Å². The van der Waals surface area contributed by atoms with Crippen molar-refractivity contribution in [1.29, 1.82) is 0 Å². The second kappa shape index (κ2) is 8.95. The van der Waals surface area contributed by atoms with Gasteiger partial charge in [0, 0.05) is 24.3 Å². The number of nitrogens with one attached hydrogen (secondary N) is 4. The largest absolute Gasteiger partial charge is 0.326 e. The van der Waals surface area contributed by atoms with Crippen LogP contribution in [0.15, 0.2) is 48.5 Å². The molecule has 2 atom stereocenters. The molecule has 1 aliphatic heterocycles. The molecular formula is C21H25FN4O2. The van der Waals surface area contributed by atoms with E-state index < -0.39 is 0 Å². The normalized spacial score (nSPS) is 18.9. The summed E-state index contributed by atoms with van der Waals surface area (Å²) in [4.78, 5) is 24.5. The highest BCUT2D eigenvalue weighted by Crippen LogP contribution is 2.26. The number of carbonyl (C=O) groups is 2. The summed E-state index contributed by atoms with van der Waals surface area (Å²) in [5, 5.41) is 5.74. The molecule has 3 rings (SSSR count). The fourth-order valence-corrected chi connectivity index (χ4v) is 3.18. The number of amides is 2. The van der Waals surface area contributed by atoms with Crippen LogP contribution in [0, 0.1) is 17.7 Å². The molecule has 0 spiro atoms. The zero-order valence-corrected chi connectivity index (χ0v) is 16.0. The lowest BCUT2D eigenvalue weighted by molar-refractivity contribution is -0.120. The van der Waals surface area contributed by atoms with E-state index in [1.54, 1.807) is 36.4 Å². The minimum absolute atomic E-state index is 0.0305. The van der Waals surface area contributed by atoms with Gasteiger partial charge in [0.25, 0.3) is 0 Å². The van der Waals surface area contributed by atoms with Crippen LogP contribution in [0.1, 0.15) is 31.9 Å². The zero-order valence-electron chi connectivity index (χ0n) is 16.0. The molecule has 0 aromatic heterocycles. The maximum Gasteiger partial charge on any atom is 0.230 e. The lowest BCUT2D eigenvalue weighted by atomic mass is 9.94. The van der Waals surface area contributed by atoms with Gasteiger partial charge < -0.3 is 10.6 Å². The lowest BCUT2D eigenvalue weighted by Crippen LogP contribution is -2.29. The summed E-state index contributed by atoms with van der Waals surface area (Å²) in [6, 6.07) is 12.9. The smallest absolute Gasteiger partial charge is 0.230 e. The molecule has 1 aliphatic rings. The summed E-state index contributed by atoms with van der Waals surface area (Å²) in [6.45, 7) is 4.45. The monoisotopic (exact) mass is 384 g/mol. The van der Waals surface area contributed by atoms with E-state index in [0.29, 0.717) is 30.3 Å². The Hall–Kier alpha value is -2.77. The van der Waals surface area contributed by atoms with Crippen LogP contribution in [0.2, 0.25) is 0 Å². The highest BCUT2D eigenvalue weighted by Gasteiger charge is 2.34. The van der Waals surface area contributed by atoms with Crippen LogP contribution in [-0.2, 0) is 9.59 Å². The second-order valence-electron chi connectivity index (χ2n) is 7.37. The molecule has 148 valence electrons. The number of hydrogen-bond acceptors (Lipinski definition) is 4. The van der Waals surface area contributed by atoms with E-state index in [4.69, 9.17) is 0 Å². The van der Waals surface area contributed by atoms with Gasteiger partial charge in [-0.05, 0) is 47.9 Å². The van der Waals surface area contributed by atoms with Crippen molar-refractivity contribution < 1.29 is 14.0 Å². The van der Waals surface area contributed by atoms with Crippen LogP contribution in [0.3, 0.4) is 0 Å². The fourth-order valence-electron chi connectivity index (χ4n) is 3.18. The quantitative estimate of drug-likeness (QED) is 0.616. The van der Waals surface area contributed by atoms with Gasteiger partial charge >= 0.3 is 0 Å². The third-order valence-electron chi connectivity index (χ3n) is 4.58. The molecule has 4 N–H and O–H groups in total. The summed E-state index contributed by atoms with van der Waals surface area (Å²) in [6.07, 6.45) is 0.463. The average Bonchev–Trinajstić information content (AvgIpc) is 3.13. The molecular weight excluding hydrogens is 359 g/mol. The number of anilines is 2. The molecule has 2 amide bonds. The summed E-state index contributed by atoms with van der Waals surface area (Å²) >= 11 is 0. The standard InChI is InChI=1S/C21H25FN4O2/c1-13(2)11-19(27)24-16-7-9-17(10-8-16)25-21(28)18-12-23-26-20(18)14-3-5-15(22)6-4-14/h3-10,13,18,20,23,26H,11-12H2,1-2H3,(H,24,27)(H,25,28). The van der Waals surface area contributed by atoms with E-state index in [2.05, 4.69) is 21.5 Å². The van der Waals surface area contributed by atoms with Crippen molar-refractivity contribution >= 4 is 23.2 Å². The second-order valence-corrected chi connectivity index (χ2v) is 7.37. The Balaban J connectivity index is 1.60. The lowest BCUT2D eigenvalue weighted by Gasteiger charge is -2.18. The number of benzene rings is 2. The third kappa shape index (κ3) is 5.15. The Kier molecular flexibility index (Phi) is 6.38. The summed E-state index contributed by atoms with van der Waals surface area (Å²) in [5.74, 6) is -0.520. The van der Waals surface area contributed by atoms with Crippen LogP contribution in [0.25, 0.3) is 0 Å². The number of carbonyl (C=O) groups excluding carboxylic acids is 2. The first-order valence-electron chi connectivity index (χ1n) is 9.37. The van der Waals surface area contributed by atoms with E-state index in [1.165, 1.54) is 12.1 Å². The van der Waals surface area contributed by atoms with Gasteiger partial charge in [0.15, 0.2) is 0 Å². The van der Waals surface area contributed by atoms with Crippen LogP contribution in [0.4, 0.5) is 15.8 Å². The molecule has 6 nitrogen and oxygen atoms in total. The molecule has 0 radical (unpaired) electrons. The van der Waals surface area contributed by atoms with Crippen molar-refractivity contribution in [2.24, 2.45) is 11.8 Å². The highest BCUT2D eigenvalue weighted by atomic mass is 19.1. The minimum Gasteiger partial charge on any atom is -0.326 e. The van der Waals surface area contributed by atoms with Crippen molar-refractivity contribution in [3.63, 3.8) is 0 Å². The summed E-state index contributed by atoms with van der Waals surface area (Å²) in [7, 11) is 0. The van der Waals surface area contributed by atoms with Gasteiger partial charge in [0.2, 0.25) is 11.8 Å². The van der Waals surface area contributed by atoms with Gasteiger partial charge in [-0.15, -0.1) is 0 Å². The van der Waals surface area contributed by atoms with Crippen molar-refractivity contribution in [3.8, 4) is 0 Å². The zero-order chi connectivity index (χ0) is 20.1. The van der Waals surface area contributed by atoms with Crippen molar-refractivity contribution in [1.82, 2.24) is 10.9 Å². The highest BCUT2D eigenvalue weighted by molar-refractivity contribution is 5.94.